The molecule has 1 aliphatic rings. The van der Waals surface area contributed by atoms with E-state index in [9.17, 15) is 0 Å². The summed E-state index contributed by atoms with van der Waals surface area (Å²) in [7, 11) is 0. The molecular weight excluding hydrogens is 342 g/mol. The van der Waals surface area contributed by atoms with E-state index in [1.54, 1.807) is 0 Å². The zero-order valence-electron chi connectivity index (χ0n) is 16.0. The number of anilines is 1. The molecule has 1 aliphatic heterocycles. The molecule has 3 heteroatoms. The lowest BCUT2D eigenvalue weighted by Crippen LogP contribution is -2.41. The van der Waals surface area contributed by atoms with Crippen molar-refractivity contribution in [2.75, 3.05) is 18.4 Å². The standard InChI is InChI=1S/C25H25N3/c1-2-9-25-19(5-1)6-3-7-22(25)17-28-14-4-8-24(18-28)27-23-11-10-21-16-26-13-12-20(21)15-23/h1-3,5-7,9-13,15-16,24,27H,4,8,14,17-18H2. The van der Waals surface area contributed by atoms with Gasteiger partial charge in [-0.25, -0.2) is 0 Å². The van der Waals surface area contributed by atoms with E-state index >= 15 is 0 Å². The number of pyridine rings is 1. The van der Waals surface area contributed by atoms with E-state index in [1.807, 2.05) is 12.4 Å². The minimum atomic E-state index is 0.489. The second-order valence-corrected chi connectivity index (χ2v) is 7.79. The number of rotatable bonds is 4. The number of nitrogens with zero attached hydrogens (tertiary/aromatic N) is 2. The summed E-state index contributed by atoms with van der Waals surface area (Å²) >= 11 is 0. The van der Waals surface area contributed by atoms with Crippen molar-refractivity contribution >= 4 is 27.2 Å². The SMILES string of the molecule is c1ccc2c(CN3CCCC(Nc4ccc5cnccc5c4)C3)cccc2c1. The molecule has 0 saturated carbocycles. The number of aromatic nitrogens is 1. The van der Waals surface area contributed by atoms with Gasteiger partial charge in [0.2, 0.25) is 0 Å². The van der Waals surface area contributed by atoms with Gasteiger partial charge in [-0.3, -0.25) is 9.88 Å². The summed E-state index contributed by atoms with van der Waals surface area (Å²) in [5, 5.41) is 8.90. The lowest BCUT2D eigenvalue weighted by atomic mass is 10.0. The van der Waals surface area contributed by atoms with Crippen LogP contribution in [-0.4, -0.2) is 29.0 Å². The molecule has 0 spiro atoms. The second-order valence-electron chi connectivity index (χ2n) is 7.79. The van der Waals surface area contributed by atoms with Crippen LogP contribution in [0.1, 0.15) is 18.4 Å². The minimum absolute atomic E-state index is 0.489. The van der Waals surface area contributed by atoms with Crippen LogP contribution in [-0.2, 0) is 6.54 Å². The highest BCUT2D eigenvalue weighted by molar-refractivity contribution is 5.86. The normalized spacial score (nSPS) is 17.8. The highest BCUT2D eigenvalue weighted by atomic mass is 15.2. The maximum Gasteiger partial charge on any atom is 0.0389 e. The van der Waals surface area contributed by atoms with Crippen molar-refractivity contribution in [3.63, 3.8) is 0 Å². The maximum absolute atomic E-state index is 4.20. The molecule has 2 heterocycles. The fourth-order valence-electron chi connectivity index (χ4n) is 4.40. The first-order valence-corrected chi connectivity index (χ1v) is 10.1. The highest BCUT2D eigenvalue weighted by Crippen LogP contribution is 2.24. The molecule has 1 atom stereocenters. The molecule has 4 aromatic rings. The van der Waals surface area contributed by atoms with Crippen molar-refractivity contribution in [2.45, 2.75) is 25.4 Å². The summed E-state index contributed by atoms with van der Waals surface area (Å²) in [5.74, 6) is 0. The van der Waals surface area contributed by atoms with Gasteiger partial charge in [0.1, 0.15) is 0 Å². The van der Waals surface area contributed by atoms with Gasteiger partial charge in [-0.1, -0.05) is 48.5 Å². The number of nitrogens with one attached hydrogen (secondary N) is 1. The van der Waals surface area contributed by atoms with Gasteiger partial charge in [-0.2, -0.15) is 0 Å². The smallest absolute Gasteiger partial charge is 0.0389 e. The molecular formula is C25H25N3. The largest absolute Gasteiger partial charge is 0.381 e. The molecule has 0 amide bonds. The number of hydrogen-bond acceptors (Lipinski definition) is 3. The van der Waals surface area contributed by atoms with Gasteiger partial charge in [-0.15, -0.1) is 0 Å². The van der Waals surface area contributed by atoms with Crippen LogP contribution in [0.25, 0.3) is 21.5 Å². The van der Waals surface area contributed by atoms with Gasteiger partial charge in [-0.05, 0) is 59.3 Å². The first-order chi connectivity index (χ1) is 13.8. The van der Waals surface area contributed by atoms with Crippen LogP contribution in [0.2, 0.25) is 0 Å². The Labute approximate surface area is 166 Å². The van der Waals surface area contributed by atoms with Crippen LogP contribution in [0.5, 0.6) is 0 Å². The van der Waals surface area contributed by atoms with Gasteiger partial charge in [0, 0.05) is 42.6 Å². The van der Waals surface area contributed by atoms with Crippen molar-refractivity contribution in [1.82, 2.24) is 9.88 Å². The van der Waals surface area contributed by atoms with Gasteiger partial charge < -0.3 is 5.32 Å². The summed E-state index contributed by atoms with van der Waals surface area (Å²) in [6.45, 7) is 3.27. The van der Waals surface area contributed by atoms with Crippen LogP contribution in [0.3, 0.4) is 0 Å². The van der Waals surface area contributed by atoms with Gasteiger partial charge in [0.05, 0.1) is 0 Å². The average Bonchev–Trinajstić information content (AvgIpc) is 2.74. The molecule has 0 aliphatic carbocycles. The quantitative estimate of drug-likeness (QED) is 0.519. The molecule has 1 saturated heterocycles. The van der Waals surface area contributed by atoms with Crippen LogP contribution in [0.15, 0.2) is 79.1 Å². The van der Waals surface area contributed by atoms with Crippen LogP contribution >= 0.6 is 0 Å². The topological polar surface area (TPSA) is 28.2 Å². The van der Waals surface area contributed by atoms with E-state index in [1.165, 1.54) is 52.2 Å². The molecule has 1 fully saturated rings. The molecule has 3 aromatic carbocycles. The molecule has 0 radical (unpaired) electrons. The molecule has 5 rings (SSSR count). The van der Waals surface area contributed by atoms with Crippen molar-refractivity contribution in [3.05, 3.63) is 84.7 Å². The number of hydrogen-bond donors (Lipinski definition) is 1. The predicted molar refractivity (Wildman–Crippen MR) is 118 cm³/mol. The minimum Gasteiger partial charge on any atom is -0.381 e. The number of piperidine rings is 1. The molecule has 0 bridgehead atoms. The van der Waals surface area contributed by atoms with Crippen LogP contribution in [0, 0.1) is 0 Å². The van der Waals surface area contributed by atoms with E-state index in [0.717, 1.165) is 13.1 Å². The third-order valence-electron chi connectivity index (χ3n) is 5.79. The Morgan fingerprint density at radius 3 is 2.86 bits per heavy atom. The van der Waals surface area contributed by atoms with Crippen molar-refractivity contribution in [3.8, 4) is 0 Å². The summed E-state index contributed by atoms with van der Waals surface area (Å²) < 4.78 is 0. The number of benzene rings is 3. The van der Waals surface area contributed by atoms with Gasteiger partial charge in [0.15, 0.2) is 0 Å². The summed E-state index contributed by atoms with van der Waals surface area (Å²) in [6, 6.07) is 24.5. The summed E-state index contributed by atoms with van der Waals surface area (Å²) in [4.78, 5) is 6.79. The van der Waals surface area contributed by atoms with E-state index in [0.29, 0.717) is 6.04 Å². The average molecular weight is 367 g/mol. The first kappa shape index (κ1) is 17.2. The lowest BCUT2D eigenvalue weighted by Gasteiger charge is -2.34. The Balaban J connectivity index is 1.30. The first-order valence-electron chi connectivity index (χ1n) is 10.1. The van der Waals surface area contributed by atoms with Crippen molar-refractivity contribution in [2.24, 2.45) is 0 Å². The van der Waals surface area contributed by atoms with Gasteiger partial charge in [0.25, 0.3) is 0 Å². The molecule has 3 nitrogen and oxygen atoms in total. The van der Waals surface area contributed by atoms with Gasteiger partial charge >= 0.3 is 0 Å². The maximum atomic E-state index is 4.20. The molecule has 1 unspecified atom stereocenters. The fourth-order valence-corrected chi connectivity index (χ4v) is 4.40. The van der Waals surface area contributed by atoms with Crippen molar-refractivity contribution in [1.29, 1.82) is 0 Å². The monoisotopic (exact) mass is 367 g/mol. The Kier molecular flexibility index (Phi) is 4.67. The van der Waals surface area contributed by atoms with E-state index in [2.05, 4.69) is 81.9 Å². The third kappa shape index (κ3) is 3.58. The molecule has 1 aromatic heterocycles. The van der Waals surface area contributed by atoms with Crippen LogP contribution < -0.4 is 5.32 Å². The molecule has 28 heavy (non-hydrogen) atoms. The Hall–Kier alpha value is -2.91. The number of likely N-dealkylation sites (tertiary alicyclic amines) is 1. The third-order valence-corrected chi connectivity index (χ3v) is 5.79. The van der Waals surface area contributed by atoms with E-state index in [-0.39, 0.29) is 0 Å². The fraction of sp³-hybridized carbons (Fsp3) is 0.240. The Bertz CT molecular complexity index is 1100. The lowest BCUT2D eigenvalue weighted by molar-refractivity contribution is 0.209. The summed E-state index contributed by atoms with van der Waals surface area (Å²) in [5.41, 5.74) is 2.63. The predicted octanol–water partition coefficient (Wildman–Crippen LogP) is 5.46. The zero-order valence-corrected chi connectivity index (χ0v) is 16.0. The second kappa shape index (κ2) is 7.61. The van der Waals surface area contributed by atoms with E-state index in [4.69, 9.17) is 0 Å². The zero-order chi connectivity index (χ0) is 18.8. The van der Waals surface area contributed by atoms with Crippen molar-refractivity contribution < 1.29 is 0 Å². The Morgan fingerprint density at radius 1 is 0.929 bits per heavy atom. The summed E-state index contributed by atoms with van der Waals surface area (Å²) in [6.07, 6.45) is 6.24. The van der Waals surface area contributed by atoms with Crippen LogP contribution in [0.4, 0.5) is 5.69 Å². The molecule has 1 N–H and O–H groups in total. The Morgan fingerprint density at radius 2 is 1.86 bits per heavy atom. The number of fused-ring (bicyclic) bond motifs is 2. The highest BCUT2D eigenvalue weighted by Gasteiger charge is 2.20. The van der Waals surface area contributed by atoms with E-state index < -0.39 is 0 Å². The molecule has 140 valence electrons.